The maximum atomic E-state index is 12.9. The smallest absolute Gasteiger partial charge is 0.185 e. The number of rotatable bonds is 14. The van der Waals surface area contributed by atoms with Crippen molar-refractivity contribution in [1.29, 1.82) is 0 Å². The van der Waals surface area contributed by atoms with Crippen LogP contribution in [0.2, 0.25) is 0 Å². The van der Waals surface area contributed by atoms with E-state index < -0.39 is 6.10 Å². The lowest BCUT2D eigenvalue weighted by atomic mass is 9.74. The third-order valence-corrected chi connectivity index (χ3v) is 7.43. The summed E-state index contributed by atoms with van der Waals surface area (Å²) in [7, 11) is 0. The number of benzene rings is 1. The summed E-state index contributed by atoms with van der Waals surface area (Å²) >= 11 is 4.42. The third-order valence-electron chi connectivity index (χ3n) is 7.17. The Morgan fingerprint density at radius 2 is 1.63 bits per heavy atom. The lowest BCUT2D eigenvalue weighted by Crippen LogP contribution is -2.34. The van der Waals surface area contributed by atoms with Gasteiger partial charge in [-0.25, -0.2) is 0 Å². The van der Waals surface area contributed by atoms with E-state index in [0.717, 1.165) is 44.3 Å². The fourth-order valence-corrected chi connectivity index (χ4v) is 3.96. The molecule has 172 valence electrons. The van der Waals surface area contributed by atoms with Gasteiger partial charge < -0.3 is 4.74 Å². The maximum absolute atomic E-state index is 12.9. The number of Topliss-reactive ketones (excluding diaryl/α,β-unsaturated/α-hetero) is 1. The van der Waals surface area contributed by atoms with Crippen molar-refractivity contribution in [3.05, 3.63) is 29.3 Å². The van der Waals surface area contributed by atoms with Gasteiger partial charge in [-0.3, -0.25) is 4.79 Å². The molecule has 1 aromatic carbocycles. The minimum absolute atomic E-state index is 0.0254. The van der Waals surface area contributed by atoms with Gasteiger partial charge in [0.25, 0.3) is 0 Å². The first-order valence-corrected chi connectivity index (χ1v) is 12.6. The molecule has 0 N–H and O–H groups in total. The largest absolute Gasteiger partial charge is 0.482 e. The quantitative estimate of drug-likeness (QED) is 0.237. The van der Waals surface area contributed by atoms with E-state index in [2.05, 4.69) is 79.3 Å². The van der Waals surface area contributed by atoms with Crippen molar-refractivity contribution >= 4 is 18.4 Å². The van der Waals surface area contributed by atoms with Crippen LogP contribution in [0.5, 0.6) is 5.75 Å². The number of ketones is 1. The molecule has 30 heavy (non-hydrogen) atoms. The van der Waals surface area contributed by atoms with Crippen LogP contribution in [0.25, 0.3) is 0 Å². The zero-order valence-corrected chi connectivity index (χ0v) is 21.7. The Morgan fingerprint density at radius 1 is 1.00 bits per heavy atom. The molecular formula is C27H46O2S. The molecule has 1 rings (SSSR count). The van der Waals surface area contributed by atoms with Crippen LogP contribution in [-0.2, 0) is 15.6 Å². The zero-order chi connectivity index (χ0) is 22.9. The van der Waals surface area contributed by atoms with E-state index >= 15 is 0 Å². The van der Waals surface area contributed by atoms with Crippen LogP contribution in [0, 0.1) is 0 Å². The van der Waals surface area contributed by atoms with E-state index in [4.69, 9.17) is 4.74 Å². The second kappa shape index (κ2) is 12.2. The molecule has 0 aliphatic rings. The van der Waals surface area contributed by atoms with E-state index in [1.807, 2.05) is 6.92 Å². The monoisotopic (exact) mass is 434 g/mol. The van der Waals surface area contributed by atoms with Crippen LogP contribution in [0.1, 0.15) is 118 Å². The van der Waals surface area contributed by atoms with Crippen molar-refractivity contribution in [2.75, 3.05) is 0 Å². The van der Waals surface area contributed by atoms with Crippen LogP contribution in [0.4, 0.5) is 0 Å². The lowest BCUT2D eigenvalue weighted by molar-refractivity contribution is -0.125. The highest BCUT2D eigenvalue weighted by Crippen LogP contribution is 2.41. The molecule has 0 bridgehead atoms. The molecular weight excluding hydrogens is 388 g/mol. The van der Waals surface area contributed by atoms with Crippen molar-refractivity contribution in [2.45, 2.75) is 129 Å². The highest BCUT2D eigenvalue weighted by molar-refractivity contribution is 7.81. The Morgan fingerprint density at radius 3 is 2.13 bits per heavy atom. The topological polar surface area (TPSA) is 26.3 Å². The predicted molar refractivity (Wildman–Crippen MR) is 134 cm³/mol. The molecule has 0 spiro atoms. The molecule has 3 heteroatoms. The normalized spacial score (nSPS) is 14.4. The molecule has 0 saturated carbocycles. The van der Waals surface area contributed by atoms with Gasteiger partial charge in [-0.15, -0.1) is 0 Å². The van der Waals surface area contributed by atoms with Gasteiger partial charge in [0.15, 0.2) is 11.9 Å². The third kappa shape index (κ3) is 7.04. The number of carbonyl (C=O) groups is 1. The van der Waals surface area contributed by atoms with Gasteiger partial charge in [-0.05, 0) is 61.5 Å². The molecule has 0 aliphatic heterocycles. The van der Waals surface area contributed by atoms with Crippen molar-refractivity contribution in [3.63, 3.8) is 0 Å². The SMILES string of the molecule is CCCCCCC(Oc1ccc(C(C)(C)CC)cc1C(C)(CC)CC)C(=O)[C@H](C)S. The van der Waals surface area contributed by atoms with Gasteiger partial charge in [0.05, 0.1) is 5.25 Å². The van der Waals surface area contributed by atoms with Gasteiger partial charge in [0.2, 0.25) is 0 Å². The summed E-state index contributed by atoms with van der Waals surface area (Å²) in [5.41, 5.74) is 2.72. The Kier molecular flexibility index (Phi) is 11.0. The standard InChI is InChI=1S/C27H46O2S/c1-9-13-14-15-16-24(25(28)20(5)30)29-23-18-17-21(26(6,7)10-2)19-22(23)27(8,11-3)12-4/h17-20,24,30H,9-16H2,1-8H3/t20-,24?/m0/s1. The van der Waals surface area contributed by atoms with Crippen LogP contribution in [0.3, 0.4) is 0 Å². The average molecular weight is 435 g/mol. The first kappa shape index (κ1) is 27.1. The summed E-state index contributed by atoms with van der Waals surface area (Å²) in [5, 5.41) is -0.313. The van der Waals surface area contributed by atoms with Crippen LogP contribution in [0.15, 0.2) is 18.2 Å². The summed E-state index contributed by atoms with van der Waals surface area (Å²) in [6, 6.07) is 6.65. The molecule has 0 aliphatic carbocycles. The average Bonchev–Trinajstić information content (AvgIpc) is 2.74. The molecule has 0 fully saturated rings. The van der Waals surface area contributed by atoms with Crippen LogP contribution < -0.4 is 4.74 Å². The number of carbonyl (C=O) groups excluding carboxylic acids is 1. The lowest BCUT2D eigenvalue weighted by Gasteiger charge is -2.33. The number of ether oxygens (including phenoxy) is 1. The van der Waals surface area contributed by atoms with Gasteiger partial charge >= 0.3 is 0 Å². The van der Waals surface area contributed by atoms with Gasteiger partial charge in [-0.1, -0.05) is 79.9 Å². The first-order chi connectivity index (χ1) is 14.1. The summed E-state index contributed by atoms with van der Waals surface area (Å²) in [6.07, 6.45) is 8.04. The highest BCUT2D eigenvalue weighted by atomic mass is 32.1. The molecule has 1 aromatic rings. The van der Waals surface area contributed by atoms with Crippen molar-refractivity contribution < 1.29 is 9.53 Å². The van der Waals surface area contributed by atoms with Gasteiger partial charge in [0, 0.05) is 5.56 Å². The molecule has 2 nitrogen and oxygen atoms in total. The van der Waals surface area contributed by atoms with Crippen molar-refractivity contribution in [1.82, 2.24) is 0 Å². The second-order valence-electron chi connectivity index (χ2n) is 9.75. The van der Waals surface area contributed by atoms with Gasteiger partial charge in [-0.2, -0.15) is 12.6 Å². The molecule has 0 heterocycles. The van der Waals surface area contributed by atoms with Crippen LogP contribution in [-0.4, -0.2) is 17.1 Å². The van der Waals surface area contributed by atoms with Gasteiger partial charge in [0.1, 0.15) is 5.75 Å². The molecule has 0 amide bonds. The Balaban J connectivity index is 3.35. The first-order valence-electron chi connectivity index (χ1n) is 12.1. The molecule has 1 unspecified atom stereocenters. The van der Waals surface area contributed by atoms with Crippen molar-refractivity contribution in [3.8, 4) is 5.75 Å². The molecule has 2 atom stereocenters. The summed E-state index contributed by atoms with van der Waals surface area (Å²) in [6.45, 7) is 17.7. The highest BCUT2D eigenvalue weighted by Gasteiger charge is 2.31. The number of thiol groups is 1. The van der Waals surface area contributed by atoms with Crippen LogP contribution >= 0.6 is 12.6 Å². The fraction of sp³-hybridized carbons (Fsp3) is 0.741. The number of hydrogen-bond acceptors (Lipinski definition) is 3. The maximum Gasteiger partial charge on any atom is 0.185 e. The van der Waals surface area contributed by atoms with Crippen molar-refractivity contribution in [2.24, 2.45) is 0 Å². The predicted octanol–water partition coefficient (Wildman–Crippen LogP) is 8.06. The molecule has 0 aromatic heterocycles. The minimum atomic E-state index is -0.420. The summed E-state index contributed by atoms with van der Waals surface area (Å²) < 4.78 is 6.50. The second-order valence-corrected chi connectivity index (χ2v) is 10.5. The minimum Gasteiger partial charge on any atom is -0.482 e. The summed E-state index contributed by atoms with van der Waals surface area (Å²) in [4.78, 5) is 12.9. The molecule has 0 radical (unpaired) electrons. The van der Waals surface area contributed by atoms with E-state index in [1.54, 1.807) is 0 Å². The molecule has 0 saturated heterocycles. The zero-order valence-electron chi connectivity index (χ0n) is 20.8. The van der Waals surface area contributed by atoms with E-state index in [9.17, 15) is 4.79 Å². The van der Waals surface area contributed by atoms with E-state index in [-0.39, 0.29) is 21.9 Å². The Labute approximate surface area is 192 Å². The Bertz CT molecular complexity index is 659. The fourth-order valence-electron chi connectivity index (χ4n) is 3.80. The summed E-state index contributed by atoms with van der Waals surface area (Å²) in [5.74, 6) is 0.966. The number of unbranched alkanes of at least 4 members (excludes halogenated alkanes) is 3. The van der Waals surface area contributed by atoms with E-state index in [1.165, 1.54) is 24.0 Å². The Hall–Kier alpha value is -0.960. The van der Waals surface area contributed by atoms with E-state index in [0.29, 0.717) is 0 Å². The number of hydrogen-bond donors (Lipinski definition) is 1.